The van der Waals surface area contributed by atoms with E-state index in [-0.39, 0.29) is 23.1 Å². The van der Waals surface area contributed by atoms with E-state index < -0.39 is 5.97 Å². The maximum Gasteiger partial charge on any atom is 0.338 e. The number of carbonyl (C=O) groups excluding carboxylic acids is 1. The van der Waals surface area contributed by atoms with Crippen LogP contribution < -0.4 is 9.47 Å². The van der Waals surface area contributed by atoms with Crippen LogP contribution in [-0.4, -0.2) is 30.4 Å². The third kappa shape index (κ3) is 3.48. The number of ether oxygens (including phenoxy) is 3. The smallest absolute Gasteiger partial charge is 0.338 e. The molecule has 0 amide bonds. The van der Waals surface area contributed by atoms with Crippen LogP contribution in [0.1, 0.15) is 29.1 Å². The third-order valence-electron chi connectivity index (χ3n) is 2.81. The second kappa shape index (κ2) is 7.13. The summed E-state index contributed by atoms with van der Waals surface area (Å²) >= 11 is 6.04. The first-order valence-electron chi connectivity index (χ1n) is 6.49. The van der Waals surface area contributed by atoms with E-state index >= 15 is 0 Å². The van der Waals surface area contributed by atoms with Crippen LogP contribution >= 0.6 is 11.6 Å². The molecule has 0 aliphatic carbocycles. The van der Waals surface area contributed by atoms with Crippen LogP contribution in [0, 0.1) is 0 Å². The molecule has 22 heavy (non-hydrogen) atoms. The van der Waals surface area contributed by atoms with Crippen molar-refractivity contribution in [3.63, 3.8) is 0 Å². The van der Waals surface area contributed by atoms with Crippen molar-refractivity contribution in [1.29, 1.82) is 0 Å². The SMILES string of the molecule is CCc1nnc(COC(=O)c2cc(Cl)c(OC)c(OC)c2)o1. The van der Waals surface area contributed by atoms with Crippen LogP contribution in [0.4, 0.5) is 0 Å². The highest BCUT2D eigenvalue weighted by atomic mass is 35.5. The van der Waals surface area contributed by atoms with Crippen molar-refractivity contribution >= 4 is 17.6 Å². The number of benzene rings is 1. The molecule has 0 spiro atoms. The van der Waals surface area contributed by atoms with Gasteiger partial charge < -0.3 is 18.6 Å². The van der Waals surface area contributed by atoms with Crippen molar-refractivity contribution in [2.24, 2.45) is 0 Å². The van der Waals surface area contributed by atoms with Crippen LogP contribution in [0.25, 0.3) is 0 Å². The molecule has 118 valence electrons. The molecule has 0 aliphatic heterocycles. The van der Waals surface area contributed by atoms with E-state index in [0.29, 0.717) is 23.8 Å². The Morgan fingerprint density at radius 1 is 1.23 bits per heavy atom. The lowest BCUT2D eigenvalue weighted by Crippen LogP contribution is -2.06. The van der Waals surface area contributed by atoms with Crippen LogP contribution in [0.3, 0.4) is 0 Å². The van der Waals surface area contributed by atoms with Gasteiger partial charge in [0.25, 0.3) is 5.89 Å². The maximum absolute atomic E-state index is 12.0. The molecule has 7 nitrogen and oxygen atoms in total. The fourth-order valence-electron chi connectivity index (χ4n) is 1.74. The normalized spacial score (nSPS) is 10.4. The molecular formula is C14H15ClN2O5. The highest BCUT2D eigenvalue weighted by molar-refractivity contribution is 6.32. The van der Waals surface area contributed by atoms with E-state index in [1.54, 1.807) is 0 Å². The number of aryl methyl sites for hydroxylation is 1. The zero-order valence-corrected chi connectivity index (χ0v) is 13.1. The van der Waals surface area contributed by atoms with E-state index in [0.717, 1.165) is 0 Å². The average Bonchev–Trinajstić information content (AvgIpc) is 2.99. The molecule has 2 rings (SSSR count). The number of aromatic nitrogens is 2. The van der Waals surface area contributed by atoms with Gasteiger partial charge in [-0.05, 0) is 12.1 Å². The number of methoxy groups -OCH3 is 2. The number of esters is 1. The Hall–Kier alpha value is -2.28. The van der Waals surface area contributed by atoms with Crippen molar-refractivity contribution in [2.45, 2.75) is 20.0 Å². The molecule has 1 heterocycles. The van der Waals surface area contributed by atoms with Gasteiger partial charge >= 0.3 is 5.97 Å². The summed E-state index contributed by atoms with van der Waals surface area (Å²) in [5, 5.41) is 7.80. The molecule has 1 aromatic carbocycles. The van der Waals surface area contributed by atoms with Crippen LogP contribution in [0.2, 0.25) is 5.02 Å². The second-order valence-corrected chi connectivity index (χ2v) is 4.62. The Morgan fingerprint density at radius 2 is 1.95 bits per heavy atom. The summed E-state index contributed by atoms with van der Waals surface area (Å²) in [5.41, 5.74) is 0.234. The van der Waals surface area contributed by atoms with Crippen molar-refractivity contribution in [3.8, 4) is 11.5 Å². The summed E-state index contributed by atoms with van der Waals surface area (Å²) in [4.78, 5) is 12.0. The van der Waals surface area contributed by atoms with Gasteiger partial charge in [0.2, 0.25) is 5.89 Å². The molecule has 0 bridgehead atoms. The van der Waals surface area contributed by atoms with Gasteiger partial charge in [-0.1, -0.05) is 18.5 Å². The molecule has 0 fully saturated rings. The zero-order valence-electron chi connectivity index (χ0n) is 12.4. The number of carbonyl (C=O) groups is 1. The first kappa shape index (κ1) is 16.1. The minimum Gasteiger partial charge on any atom is -0.493 e. The van der Waals surface area contributed by atoms with E-state index in [1.807, 2.05) is 6.92 Å². The van der Waals surface area contributed by atoms with Crippen LogP contribution in [0.15, 0.2) is 16.5 Å². The molecular weight excluding hydrogens is 312 g/mol. The third-order valence-corrected chi connectivity index (χ3v) is 3.09. The van der Waals surface area contributed by atoms with Gasteiger partial charge in [-0.3, -0.25) is 0 Å². The molecule has 0 radical (unpaired) electrons. The lowest BCUT2D eigenvalue weighted by Gasteiger charge is -2.11. The summed E-state index contributed by atoms with van der Waals surface area (Å²) in [7, 11) is 2.91. The van der Waals surface area contributed by atoms with Crippen molar-refractivity contribution in [2.75, 3.05) is 14.2 Å². The van der Waals surface area contributed by atoms with Gasteiger partial charge in [0, 0.05) is 6.42 Å². The Morgan fingerprint density at radius 3 is 2.55 bits per heavy atom. The number of rotatable bonds is 6. The first-order chi connectivity index (χ1) is 10.6. The summed E-state index contributed by atoms with van der Waals surface area (Å²) < 4.78 is 20.6. The Bertz CT molecular complexity index is 671. The summed E-state index contributed by atoms with van der Waals surface area (Å²) in [6.07, 6.45) is 0.617. The standard InChI is InChI=1S/C14H15ClN2O5/c1-4-11-16-17-12(22-11)7-21-14(18)8-5-9(15)13(20-3)10(6-8)19-2/h5-6H,4,7H2,1-3H3. The highest BCUT2D eigenvalue weighted by Gasteiger charge is 2.17. The van der Waals surface area contributed by atoms with Crippen molar-refractivity contribution < 1.29 is 23.4 Å². The molecule has 0 unspecified atom stereocenters. The monoisotopic (exact) mass is 326 g/mol. The van der Waals surface area contributed by atoms with Crippen LogP contribution in [0.5, 0.6) is 11.5 Å². The fourth-order valence-corrected chi connectivity index (χ4v) is 2.02. The van der Waals surface area contributed by atoms with E-state index in [2.05, 4.69) is 10.2 Å². The van der Waals surface area contributed by atoms with Gasteiger partial charge in [0.05, 0.1) is 24.8 Å². The number of hydrogen-bond acceptors (Lipinski definition) is 7. The zero-order chi connectivity index (χ0) is 16.1. The largest absolute Gasteiger partial charge is 0.493 e. The highest BCUT2D eigenvalue weighted by Crippen LogP contribution is 2.36. The fraction of sp³-hybridized carbons (Fsp3) is 0.357. The molecule has 0 atom stereocenters. The predicted molar refractivity (Wildman–Crippen MR) is 77.4 cm³/mol. The number of hydrogen-bond donors (Lipinski definition) is 0. The molecule has 8 heteroatoms. The van der Waals surface area contributed by atoms with Crippen molar-refractivity contribution in [1.82, 2.24) is 10.2 Å². The lowest BCUT2D eigenvalue weighted by molar-refractivity contribution is 0.0436. The van der Waals surface area contributed by atoms with Crippen molar-refractivity contribution in [3.05, 3.63) is 34.5 Å². The van der Waals surface area contributed by atoms with E-state index in [9.17, 15) is 4.79 Å². The Labute approximate surface area is 132 Å². The average molecular weight is 327 g/mol. The van der Waals surface area contributed by atoms with Gasteiger partial charge in [-0.25, -0.2) is 4.79 Å². The van der Waals surface area contributed by atoms with Crippen LogP contribution in [-0.2, 0) is 17.8 Å². The minimum atomic E-state index is -0.584. The van der Waals surface area contributed by atoms with Gasteiger partial charge in [-0.15, -0.1) is 10.2 Å². The lowest BCUT2D eigenvalue weighted by atomic mass is 10.2. The number of halogens is 1. The quantitative estimate of drug-likeness (QED) is 0.754. The van der Waals surface area contributed by atoms with Gasteiger partial charge in [0.15, 0.2) is 18.1 Å². The molecule has 0 saturated carbocycles. The molecule has 0 saturated heterocycles. The molecule has 0 N–H and O–H groups in total. The summed E-state index contributed by atoms with van der Waals surface area (Å²) in [6, 6.07) is 2.93. The topological polar surface area (TPSA) is 83.7 Å². The molecule has 2 aromatic rings. The number of nitrogens with zero attached hydrogens (tertiary/aromatic N) is 2. The summed E-state index contributed by atoms with van der Waals surface area (Å²) in [5.74, 6) is 0.828. The molecule has 1 aromatic heterocycles. The predicted octanol–water partition coefficient (Wildman–Crippen LogP) is 2.66. The first-order valence-corrected chi connectivity index (χ1v) is 6.86. The Kier molecular flexibility index (Phi) is 5.21. The minimum absolute atomic E-state index is 0.113. The second-order valence-electron chi connectivity index (χ2n) is 4.21. The van der Waals surface area contributed by atoms with Gasteiger partial charge in [0.1, 0.15) is 0 Å². The maximum atomic E-state index is 12.0. The molecule has 0 aliphatic rings. The van der Waals surface area contributed by atoms with Gasteiger partial charge in [-0.2, -0.15) is 0 Å². The van der Waals surface area contributed by atoms with E-state index in [4.69, 9.17) is 30.2 Å². The summed E-state index contributed by atoms with van der Waals surface area (Å²) in [6.45, 7) is 1.77. The Balaban J connectivity index is 2.10. The van der Waals surface area contributed by atoms with E-state index in [1.165, 1.54) is 26.4 Å².